The number of carbonyl (C=O) groups is 1. The molecular weight excluding hydrogens is 347 g/mol. The van der Waals surface area contributed by atoms with Gasteiger partial charge in [-0.3, -0.25) is 0 Å². The Morgan fingerprint density at radius 1 is 1.13 bits per heavy atom. The molecular formula is C20H31AsO2. The molecule has 1 fully saturated rings. The fourth-order valence-electron chi connectivity index (χ4n) is 5.25. The van der Waals surface area contributed by atoms with Crippen LogP contribution in [-0.4, -0.2) is 25.7 Å². The van der Waals surface area contributed by atoms with Gasteiger partial charge < -0.3 is 0 Å². The van der Waals surface area contributed by atoms with Crippen molar-refractivity contribution >= 4 is 20.6 Å². The number of rotatable bonds is 6. The normalized spacial score (nSPS) is 28.0. The number of carboxylic acid groups (broad SMARTS) is 1. The molecule has 0 saturated heterocycles. The number of aliphatic carboxylic acids is 1. The van der Waals surface area contributed by atoms with E-state index in [-0.39, 0.29) is 4.20 Å². The molecule has 2 nitrogen and oxygen atoms in total. The van der Waals surface area contributed by atoms with Gasteiger partial charge in [-0.05, 0) is 0 Å². The molecule has 0 amide bonds. The fourth-order valence-corrected chi connectivity index (χ4v) is 15.2. The Morgan fingerprint density at radius 2 is 1.70 bits per heavy atom. The second kappa shape index (κ2) is 7.01. The zero-order valence-electron chi connectivity index (χ0n) is 15.2. The Labute approximate surface area is 145 Å². The predicted octanol–water partition coefficient (Wildman–Crippen LogP) is 5.66. The van der Waals surface area contributed by atoms with Crippen LogP contribution in [0.2, 0.25) is 13.6 Å². The average Bonchev–Trinajstić information content (AvgIpc) is 2.88. The quantitative estimate of drug-likeness (QED) is 0.649. The summed E-state index contributed by atoms with van der Waals surface area (Å²) < 4.78 is 1.24. The van der Waals surface area contributed by atoms with Crippen LogP contribution in [0.5, 0.6) is 0 Å². The van der Waals surface area contributed by atoms with Crippen LogP contribution in [0.25, 0.3) is 0 Å². The molecule has 0 radical (unpaired) electrons. The van der Waals surface area contributed by atoms with Crippen molar-refractivity contribution in [3.05, 3.63) is 35.9 Å². The summed E-state index contributed by atoms with van der Waals surface area (Å²) in [6, 6.07) is 10.1. The SMILES string of the molecule is CCC1([As](C(C)C)C(C)C)CCCC1(C(=O)O)c1ccccc1. The van der Waals surface area contributed by atoms with Gasteiger partial charge in [-0.2, -0.15) is 0 Å². The van der Waals surface area contributed by atoms with Crippen molar-refractivity contribution in [1.29, 1.82) is 0 Å². The molecule has 2 unspecified atom stereocenters. The van der Waals surface area contributed by atoms with Crippen LogP contribution in [0.1, 0.15) is 65.9 Å². The van der Waals surface area contributed by atoms with Crippen LogP contribution in [0.15, 0.2) is 30.3 Å². The first-order chi connectivity index (χ1) is 10.8. The Hall–Kier alpha value is -0.752. The molecule has 23 heavy (non-hydrogen) atoms. The summed E-state index contributed by atoms with van der Waals surface area (Å²) in [5.74, 6) is -0.594. The maximum atomic E-state index is 12.7. The van der Waals surface area contributed by atoms with Gasteiger partial charge in [0.2, 0.25) is 0 Å². The summed E-state index contributed by atoms with van der Waals surface area (Å²) in [7, 11) is 0. The third-order valence-electron chi connectivity index (χ3n) is 5.76. The molecule has 0 aliphatic heterocycles. The van der Waals surface area contributed by atoms with Crippen molar-refractivity contribution in [3.63, 3.8) is 0 Å². The van der Waals surface area contributed by atoms with Crippen LogP contribution in [-0.2, 0) is 10.2 Å². The molecule has 3 heteroatoms. The Balaban J connectivity index is 2.72. The van der Waals surface area contributed by atoms with Crippen molar-refractivity contribution in [1.82, 2.24) is 0 Å². The molecule has 2 rings (SSSR count). The molecule has 0 bridgehead atoms. The standard InChI is InChI=1S/C20H31AsO2/c1-6-19(21(15(2)3)16(4)5)13-10-14-20(19,18(22)23)17-11-8-7-9-12-17/h7-9,11-12,15-16H,6,10,13-14H2,1-5H3,(H,22,23). The molecule has 1 N–H and O–H groups in total. The van der Waals surface area contributed by atoms with E-state index in [2.05, 4.69) is 46.8 Å². The van der Waals surface area contributed by atoms with Crippen LogP contribution >= 0.6 is 0 Å². The molecule has 1 aliphatic rings. The minimum absolute atomic E-state index is 0.0183. The number of carboxylic acids is 1. The van der Waals surface area contributed by atoms with Crippen LogP contribution in [0, 0.1) is 0 Å². The van der Waals surface area contributed by atoms with E-state index < -0.39 is 26.0 Å². The van der Waals surface area contributed by atoms with Crippen molar-refractivity contribution in [2.45, 2.75) is 79.3 Å². The number of benzene rings is 1. The Morgan fingerprint density at radius 3 is 2.13 bits per heavy atom. The first-order valence-corrected chi connectivity index (χ1v) is 12.0. The van der Waals surface area contributed by atoms with Crippen LogP contribution < -0.4 is 0 Å². The van der Waals surface area contributed by atoms with E-state index in [4.69, 9.17) is 0 Å². The second-order valence-corrected chi connectivity index (χ2v) is 15.2. The van der Waals surface area contributed by atoms with Gasteiger partial charge in [-0.25, -0.2) is 0 Å². The summed E-state index contributed by atoms with van der Waals surface area (Å²) in [4.78, 5) is 12.7. The minimum atomic E-state index is -1.39. The third-order valence-corrected chi connectivity index (χ3v) is 14.4. The van der Waals surface area contributed by atoms with Gasteiger partial charge >= 0.3 is 146 Å². The Bertz CT molecular complexity index is 532. The molecule has 128 valence electrons. The monoisotopic (exact) mass is 378 g/mol. The van der Waals surface area contributed by atoms with E-state index in [9.17, 15) is 9.90 Å². The van der Waals surface area contributed by atoms with Crippen LogP contribution in [0.3, 0.4) is 0 Å². The summed E-state index contributed by atoms with van der Waals surface area (Å²) in [6.07, 6.45) is 3.91. The summed E-state index contributed by atoms with van der Waals surface area (Å²) in [5.41, 5.74) is 0.352. The summed E-state index contributed by atoms with van der Waals surface area (Å²) in [5, 5.41) is 10.4. The van der Waals surface area contributed by atoms with E-state index in [1.165, 1.54) is 0 Å². The van der Waals surface area contributed by atoms with E-state index in [1.807, 2.05) is 18.2 Å². The Kier molecular flexibility index (Phi) is 5.67. The zero-order chi connectivity index (χ0) is 17.3. The van der Waals surface area contributed by atoms with E-state index in [1.54, 1.807) is 0 Å². The van der Waals surface area contributed by atoms with Gasteiger partial charge in [0.1, 0.15) is 0 Å². The van der Waals surface area contributed by atoms with Crippen molar-refractivity contribution in [2.75, 3.05) is 0 Å². The molecule has 0 aromatic heterocycles. The van der Waals surface area contributed by atoms with Gasteiger partial charge in [0.25, 0.3) is 0 Å². The maximum absolute atomic E-state index is 12.7. The molecule has 0 spiro atoms. The molecule has 1 aromatic rings. The predicted molar refractivity (Wildman–Crippen MR) is 98.5 cm³/mol. The van der Waals surface area contributed by atoms with E-state index >= 15 is 0 Å². The van der Waals surface area contributed by atoms with Gasteiger partial charge in [0.05, 0.1) is 0 Å². The topological polar surface area (TPSA) is 37.3 Å². The average molecular weight is 378 g/mol. The van der Waals surface area contributed by atoms with E-state index in [0.29, 0.717) is 9.41 Å². The first-order valence-electron chi connectivity index (χ1n) is 8.91. The molecule has 1 aliphatic carbocycles. The molecule has 0 heterocycles. The zero-order valence-corrected chi connectivity index (χ0v) is 17.0. The van der Waals surface area contributed by atoms with Gasteiger partial charge in [0, 0.05) is 0 Å². The van der Waals surface area contributed by atoms with E-state index in [0.717, 1.165) is 31.2 Å². The van der Waals surface area contributed by atoms with Crippen molar-refractivity contribution in [3.8, 4) is 0 Å². The first kappa shape index (κ1) is 18.6. The fraction of sp³-hybridized carbons (Fsp3) is 0.650. The molecule has 2 atom stereocenters. The number of hydrogen-bond donors (Lipinski definition) is 1. The molecule has 1 saturated carbocycles. The number of hydrogen-bond acceptors (Lipinski definition) is 1. The van der Waals surface area contributed by atoms with Crippen molar-refractivity contribution < 1.29 is 9.90 Å². The summed E-state index contributed by atoms with van der Waals surface area (Å²) >= 11 is -1.39. The third kappa shape index (κ3) is 2.78. The van der Waals surface area contributed by atoms with Crippen molar-refractivity contribution in [2.24, 2.45) is 0 Å². The summed E-state index contributed by atoms with van der Waals surface area (Å²) in [6.45, 7) is 11.5. The van der Waals surface area contributed by atoms with Crippen LogP contribution in [0.4, 0.5) is 0 Å². The van der Waals surface area contributed by atoms with Gasteiger partial charge in [-0.1, -0.05) is 0 Å². The second-order valence-electron chi connectivity index (χ2n) is 7.41. The molecule has 1 aromatic carbocycles. The van der Waals surface area contributed by atoms with Gasteiger partial charge in [-0.15, -0.1) is 0 Å². The van der Waals surface area contributed by atoms with Gasteiger partial charge in [0.15, 0.2) is 0 Å².